The maximum Gasteiger partial charge on any atom is 0.246 e. The van der Waals surface area contributed by atoms with E-state index in [1.54, 1.807) is 6.08 Å². The molecular weight excluding hydrogens is 252 g/mol. The van der Waals surface area contributed by atoms with Gasteiger partial charge in [0.15, 0.2) is 0 Å². The lowest BCUT2D eigenvalue weighted by atomic mass is 10.1. The Hall–Kier alpha value is -1.13. The third-order valence-corrected chi connectivity index (χ3v) is 3.70. The molecule has 0 radical (unpaired) electrons. The highest BCUT2D eigenvalue weighted by atomic mass is 16.2. The first-order valence-electron chi connectivity index (χ1n) is 7.57. The number of carbonyl (C=O) groups is 1. The van der Waals surface area contributed by atoms with E-state index in [2.05, 4.69) is 10.2 Å². The lowest BCUT2D eigenvalue weighted by Gasteiger charge is -2.14. The molecule has 4 heteroatoms. The highest BCUT2D eigenvalue weighted by molar-refractivity contribution is 5.92. The van der Waals surface area contributed by atoms with E-state index in [-0.39, 0.29) is 12.5 Å². The van der Waals surface area contributed by atoms with Gasteiger partial charge in [-0.25, -0.2) is 0 Å². The summed E-state index contributed by atoms with van der Waals surface area (Å²) in [4.78, 5) is 14.3. The van der Waals surface area contributed by atoms with Gasteiger partial charge in [0.05, 0.1) is 6.61 Å². The first kappa shape index (κ1) is 16.9. The number of hydrogen-bond donors (Lipinski definition) is 2. The number of carbonyl (C=O) groups excluding carboxylic acids is 1. The van der Waals surface area contributed by atoms with Gasteiger partial charge in [-0.2, -0.15) is 0 Å². The minimum Gasteiger partial charge on any atom is -0.392 e. The molecule has 0 atom stereocenters. The second-order valence-corrected chi connectivity index (χ2v) is 5.46. The minimum absolute atomic E-state index is 0.0352. The SMILES string of the molecule is C/C(=C\CO)CC/C=C(\C)C(=O)NCCN1CCCC1. The van der Waals surface area contributed by atoms with Gasteiger partial charge in [-0.15, -0.1) is 0 Å². The molecule has 20 heavy (non-hydrogen) atoms. The second kappa shape index (κ2) is 9.72. The molecule has 0 aromatic carbocycles. The maximum atomic E-state index is 11.9. The third kappa shape index (κ3) is 6.87. The van der Waals surface area contributed by atoms with Gasteiger partial charge in [-0.3, -0.25) is 4.79 Å². The fourth-order valence-electron chi connectivity index (χ4n) is 2.34. The van der Waals surface area contributed by atoms with Crippen LogP contribution in [0.2, 0.25) is 0 Å². The highest BCUT2D eigenvalue weighted by Crippen LogP contribution is 2.07. The molecule has 0 saturated carbocycles. The van der Waals surface area contributed by atoms with Crippen molar-refractivity contribution < 1.29 is 9.90 Å². The van der Waals surface area contributed by atoms with E-state index in [4.69, 9.17) is 5.11 Å². The Balaban J connectivity index is 2.18. The predicted molar refractivity (Wildman–Crippen MR) is 82.5 cm³/mol. The Labute approximate surface area is 122 Å². The van der Waals surface area contributed by atoms with Crippen molar-refractivity contribution in [1.29, 1.82) is 0 Å². The van der Waals surface area contributed by atoms with E-state index in [9.17, 15) is 4.79 Å². The lowest BCUT2D eigenvalue weighted by Crippen LogP contribution is -2.33. The van der Waals surface area contributed by atoms with Crippen LogP contribution in [-0.2, 0) is 4.79 Å². The summed E-state index contributed by atoms with van der Waals surface area (Å²) in [5.41, 5.74) is 1.94. The molecule has 1 amide bonds. The third-order valence-electron chi connectivity index (χ3n) is 3.70. The van der Waals surface area contributed by atoms with Crippen LogP contribution in [-0.4, -0.2) is 48.7 Å². The van der Waals surface area contributed by atoms with Gasteiger partial charge in [0.2, 0.25) is 5.91 Å². The van der Waals surface area contributed by atoms with Crippen LogP contribution < -0.4 is 5.32 Å². The summed E-state index contributed by atoms with van der Waals surface area (Å²) in [7, 11) is 0. The maximum absolute atomic E-state index is 11.9. The first-order valence-corrected chi connectivity index (χ1v) is 7.57. The van der Waals surface area contributed by atoms with Gasteiger partial charge >= 0.3 is 0 Å². The number of nitrogens with one attached hydrogen (secondary N) is 1. The van der Waals surface area contributed by atoms with Gasteiger partial charge in [0.1, 0.15) is 0 Å². The molecule has 0 aliphatic carbocycles. The Morgan fingerprint density at radius 3 is 2.60 bits per heavy atom. The zero-order chi connectivity index (χ0) is 14.8. The van der Waals surface area contributed by atoms with Crippen LogP contribution in [0, 0.1) is 0 Å². The summed E-state index contributed by atoms with van der Waals surface area (Å²) in [5.74, 6) is 0.0352. The molecule has 0 spiro atoms. The molecule has 114 valence electrons. The van der Waals surface area contributed by atoms with E-state index < -0.39 is 0 Å². The van der Waals surface area contributed by atoms with Gasteiger partial charge < -0.3 is 15.3 Å². The summed E-state index contributed by atoms with van der Waals surface area (Å²) in [5, 5.41) is 11.7. The minimum atomic E-state index is 0.0352. The van der Waals surface area contributed by atoms with Crippen LogP contribution in [0.15, 0.2) is 23.3 Å². The number of rotatable bonds is 8. The van der Waals surface area contributed by atoms with Crippen LogP contribution in [0.5, 0.6) is 0 Å². The Kier molecular flexibility index (Phi) is 8.23. The van der Waals surface area contributed by atoms with E-state index in [0.29, 0.717) is 0 Å². The van der Waals surface area contributed by atoms with E-state index in [1.807, 2.05) is 19.9 Å². The van der Waals surface area contributed by atoms with E-state index in [1.165, 1.54) is 25.9 Å². The number of nitrogens with zero attached hydrogens (tertiary/aromatic N) is 1. The van der Waals surface area contributed by atoms with Crippen LogP contribution in [0.3, 0.4) is 0 Å². The van der Waals surface area contributed by atoms with Crippen molar-refractivity contribution in [2.45, 2.75) is 39.5 Å². The summed E-state index contributed by atoms with van der Waals surface area (Å²) in [6.45, 7) is 7.96. The molecule has 4 nitrogen and oxygen atoms in total. The van der Waals surface area contributed by atoms with Gasteiger partial charge in [0.25, 0.3) is 0 Å². The van der Waals surface area contributed by atoms with Crippen molar-refractivity contribution in [1.82, 2.24) is 10.2 Å². The van der Waals surface area contributed by atoms with Crippen LogP contribution >= 0.6 is 0 Å². The average molecular weight is 280 g/mol. The van der Waals surface area contributed by atoms with Crippen molar-refractivity contribution in [3.63, 3.8) is 0 Å². The largest absolute Gasteiger partial charge is 0.392 e. The normalized spacial score (nSPS) is 17.6. The summed E-state index contributed by atoms with van der Waals surface area (Å²) < 4.78 is 0. The molecule has 1 aliphatic rings. The van der Waals surface area contributed by atoms with Crippen LogP contribution in [0.25, 0.3) is 0 Å². The number of amides is 1. The number of aliphatic hydroxyl groups is 1. The first-order chi connectivity index (χ1) is 9.63. The van der Waals surface area contributed by atoms with E-state index in [0.717, 1.165) is 37.1 Å². The zero-order valence-electron chi connectivity index (χ0n) is 12.8. The summed E-state index contributed by atoms with van der Waals surface area (Å²) >= 11 is 0. The zero-order valence-corrected chi connectivity index (χ0v) is 12.8. The summed E-state index contributed by atoms with van der Waals surface area (Å²) in [6.07, 6.45) is 8.08. The molecule has 1 rings (SSSR count). The standard InChI is InChI=1S/C16H28N2O2/c1-14(8-13-19)6-5-7-15(2)16(20)17-9-12-18-10-3-4-11-18/h7-8,19H,3-6,9-13H2,1-2H3,(H,17,20)/b14-8+,15-7+. The predicted octanol–water partition coefficient (Wildman–Crippen LogP) is 1.86. The summed E-state index contributed by atoms with van der Waals surface area (Å²) in [6, 6.07) is 0. The molecule has 1 saturated heterocycles. The molecule has 0 aromatic rings. The van der Waals surface area contributed by atoms with E-state index >= 15 is 0 Å². The van der Waals surface area contributed by atoms with Crippen molar-refractivity contribution in [3.05, 3.63) is 23.3 Å². The van der Waals surface area contributed by atoms with Crippen LogP contribution in [0.4, 0.5) is 0 Å². The molecule has 1 fully saturated rings. The van der Waals surface area contributed by atoms with Gasteiger partial charge in [0, 0.05) is 18.7 Å². The van der Waals surface area contributed by atoms with Gasteiger partial charge in [-0.05, 0) is 52.6 Å². The van der Waals surface area contributed by atoms with Crippen molar-refractivity contribution in [2.75, 3.05) is 32.8 Å². The molecule has 1 heterocycles. The quantitative estimate of drug-likeness (QED) is 0.527. The fourth-order valence-corrected chi connectivity index (χ4v) is 2.34. The number of likely N-dealkylation sites (tertiary alicyclic amines) is 1. The average Bonchev–Trinajstić information content (AvgIpc) is 2.92. The molecule has 0 aromatic heterocycles. The smallest absolute Gasteiger partial charge is 0.246 e. The van der Waals surface area contributed by atoms with Crippen molar-refractivity contribution in [2.24, 2.45) is 0 Å². The van der Waals surface area contributed by atoms with Crippen molar-refractivity contribution >= 4 is 5.91 Å². The molecule has 0 unspecified atom stereocenters. The Morgan fingerprint density at radius 2 is 1.95 bits per heavy atom. The molecule has 0 bridgehead atoms. The van der Waals surface area contributed by atoms with Crippen molar-refractivity contribution in [3.8, 4) is 0 Å². The molecular formula is C16H28N2O2. The Morgan fingerprint density at radius 1 is 1.25 bits per heavy atom. The second-order valence-electron chi connectivity index (χ2n) is 5.46. The lowest BCUT2D eigenvalue weighted by molar-refractivity contribution is -0.117. The number of aliphatic hydroxyl groups excluding tert-OH is 1. The molecule has 1 aliphatic heterocycles. The highest BCUT2D eigenvalue weighted by Gasteiger charge is 2.11. The fraction of sp³-hybridized carbons (Fsp3) is 0.688. The van der Waals surface area contributed by atoms with Gasteiger partial charge in [-0.1, -0.05) is 17.7 Å². The molecule has 2 N–H and O–H groups in total. The number of allylic oxidation sites excluding steroid dienone is 2. The Bertz CT molecular complexity index is 355. The number of hydrogen-bond acceptors (Lipinski definition) is 3. The van der Waals surface area contributed by atoms with Crippen LogP contribution in [0.1, 0.15) is 39.5 Å². The monoisotopic (exact) mass is 280 g/mol. The topological polar surface area (TPSA) is 52.6 Å².